The molecule has 5 heteroatoms. The third-order valence-electron chi connectivity index (χ3n) is 5.03. The van der Waals surface area contributed by atoms with Gasteiger partial charge in [0.25, 0.3) is 5.91 Å². The van der Waals surface area contributed by atoms with Crippen molar-refractivity contribution in [2.24, 2.45) is 0 Å². The van der Waals surface area contributed by atoms with E-state index in [0.29, 0.717) is 16.4 Å². The summed E-state index contributed by atoms with van der Waals surface area (Å²) < 4.78 is 0. The maximum atomic E-state index is 12.6. The number of hydrogen-bond donors (Lipinski definition) is 1. The molecule has 4 rings (SSSR count). The van der Waals surface area contributed by atoms with Crippen LogP contribution in [0.5, 0.6) is 0 Å². The van der Waals surface area contributed by atoms with E-state index in [1.165, 1.54) is 31.4 Å². The molecule has 1 aromatic heterocycles. The predicted octanol–water partition coefficient (Wildman–Crippen LogP) is 5.52. The lowest BCUT2D eigenvalue weighted by Gasteiger charge is -2.22. The Morgan fingerprint density at radius 1 is 0.963 bits per heavy atom. The van der Waals surface area contributed by atoms with Crippen LogP contribution in [-0.2, 0) is 0 Å². The van der Waals surface area contributed by atoms with E-state index in [-0.39, 0.29) is 5.91 Å². The summed E-state index contributed by atoms with van der Waals surface area (Å²) >= 11 is 6.24. The molecule has 2 heterocycles. The second-order valence-corrected chi connectivity index (χ2v) is 7.28. The number of fused-ring (bicyclic) bond motifs is 1. The monoisotopic (exact) mass is 379 g/mol. The van der Waals surface area contributed by atoms with Crippen molar-refractivity contribution in [2.75, 3.05) is 23.3 Å². The topological polar surface area (TPSA) is 45.2 Å². The van der Waals surface area contributed by atoms with Crippen LogP contribution in [0.4, 0.5) is 11.4 Å². The number of anilines is 2. The smallest absolute Gasteiger partial charge is 0.255 e. The number of aromatic nitrogens is 1. The highest BCUT2D eigenvalue weighted by Crippen LogP contribution is 2.26. The average Bonchev–Trinajstić information content (AvgIpc) is 2.98. The minimum atomic E-state index is -0.184. The van der Waals surface area contributed by atoms with E-state index >= 15 is 0 Å². The van der Waals surface area contributed by atoms with Gasteiger partial charge in [-0.3, -0.25) is 4.79 Å². The van der Waals surface area contributed by atoms with E-state index in [0.717, 1.165) is 24.0 Å². The number of para-hydroxylation sites is 1. The molecule has 0 unspecified atom stereocenters. The summed E-state index contributed by atoms with van der Waals surface area (Å²) in [6.07, 6.45) is 5.07. The van der Waals surface area contributed by atoms with Gasteiger partial charge in [0.2, 0.25) is 0 Å². The zero-order valence-corrected chi connectivity index (χ0v) is 15.9. The first kappa shape index (κ1) is 17.8. The van der Waals surface area contributed by atoms with Crippen molar-refractivity contribution < 1.29 is 4.79 Å². The number of nitrogens with zero attached hydrogens (tertiary/aromatic N) is 2. The number of nitrogens with one attached hydrogen (secondary N) is 1. The molecule has 27 heavy (non-hydrogen) atoms. The zero-order valence-electron chi connectivity index (χ0n) is 15.1. The molecule has 4 nitrogen and oxygen atoms in total. The molecule has 1 N–H and O–H groups in total. The molecule has 1 saturated heterocycles. The maximum absolute atomic E-state index is 12.6. The lowest BCUT2D eigenvalue weighted by atomic mass is 10.1. The van der Waals surface area contributed by atoms with Crippen molar-refractivity contribution in [3.63, 3.8) is 0 Å². The van der Waals surface area contributed by atoms with Crippen molar-refractivity contribution in [3.05, 3.63) is 65.3 Å². The summed E-state index contributed by atoms with van der Waals surface area (Å²) in [4.78, 5) is 19.4. The van der Waals surface area contributed by atoms with Crippen molar-refractivity contribution in [1.82, 2.24) is 4.98 Å². The quantitative estimate of drug-likeness (QED) is 0.609. The third-order valence-corrected chi connectivity index (χ3v) is 5.31. The summed E-state index contributed by atoms with van der Waals surface area (Å²) in [7, 11) is 0. The van der Waals surface area contributed by atoms with Crippen LogP contribution in [0.3, 0.4) is 0 Å². The van der Waals surface area contributed by atoms with E-state index < -0.39 is 0 Å². The number of hydrogen-bond acceptors (Lipinski definition) is 3. The average molecular weight is 380 g/mol. The normalized spacial score (nSPS) is 14.8. The Hall–Kier alpha value is -2.59. The van der Waals surface area contributed by atoms with Crippen LogP contribution in [0, 0.1) is 0 Å². The van der Waals surface area contributed by atoms with Gasteiger partial charge in [-0.1, -0.05) is 42.6 Å². The second kappa shape index (κ2) is 7.97. The number of rotatable bonds is 3. The van der Waals surface area contributed by atoms with Crippen molar-refractivity contribution in [2.45, 2.75) is 25.7 Å². The highest BCUT2D eigenvalue weighted by molar-refractivity contribution is 6.33. The minimum absolute atomic E-state index is 0.184. The highest BCUT2D eigenvalue weighted by Gasteiger charge is 2.13. The van der Waals surface area contributed by atoms with Gasteiger partial charge in [-0.2, -0.15) is 0 Å². The van der Waals surface area contributed by atoms with E-state index in [1.54, 1.807) is 0 Å². The highest BCUT2D eigenvalue weighted by atomic mass is 35.5. The van der Waals surface area contributed by atoms with Crippen LogP contribution in [0.15, 0.2) is 54.6 Å². The van der Waals surface area contributed by atoms with Crippen LogP contribution in [0.2, 0.25) is 5.15 Å². The molecule has 138 valence electrons. The van der Waals surface area contributed by atoms with Crippen LogP contribution in [0.1, 0.15) is 36.0 Å². The van der Waals surface area contributed by atoms with Crippen molar-refractivity contribution in [3.8, 4) is 0 Å². The molecule has 1 aliphatic rings. The number of pyridine rings is 1. The van der Waals surface area contributed by atoms with E-state index in [9.17, 15) is 4.79 Å². The van der Waals surface area contributed by atoms with Gasteiger partial charge in [-0.15, -0.1) is 0 Å². The molecule has 0 atom stereocenters. The van der Waals surface area contributed by atoms with Gasteiger partial charge in [0.15, 0.2) is 5.15 Å². The Morgan fingerprint density at radius 2 is 1.67 bits per heavy atom. The lowest BCUT2D eigenvalue weighted by molar-refractivity contribution is 0.102. The van der Waals surface area contributed by atoms with Gasteiger partial charge >= 0.3 is 0 Å². The van der Waals surface area contributed by atoms with Gasteiger partial charge < -0.3 is 10.2 Å². The zero-order chi connectivity index (χ0) is 18.6. The number of amides is 1. The summed E-state index contributed by atoms with van der Waals surface area (Å²) in [5.41, 5.74) is 3.12. The molecule has 0 aliphatic carbocycles. The summed E-state index contributed by atoms with van der Waals surface area (Å²) in [5, 5.41) is 4.11. The lowest BCUT2D eigenvalue weighted by Crippen LogP contribution is -2.23. The molecule has 0 spiro atoms. The fourth-order valence-electron chi connectivity index (χ4n) is 3.53. The van der Waals surface area contributed by atoms with Gasteiger partial charge in [-0.25, -0.2) is 4.98 Å². The van der Waals surface area contributed by atoms with Gasteiger partial charge in [-0.05, 0) is 49.2 Å². The van der Waals surface area contributed by atoms with Crippen LogP contribution < -0.4 is 10.2 Å². The standard InChI is InChI=1S/C22H22ClN3O/c23-21-20(15-17-7-3-4-8-19(17)24-21)25-22(27)16-9-11-18(12-10-16)26-13-5-1-2-6-14-26/h3-4,7-12,15H,1-2,5-6,13-14H2,(H,25,27). The number of carbonyl (C=O) groups excluding carboxylic acids is 1. The fraction of sp³-hybridized carbons (Fsp3) is 0.273. The Kier molecular flexibility index (Phi) is 5.26. The summed E-state index contributed by atoms with van der Waals surface area (Å²) in [5.74, 6) is -0.184. The van der Waals surface area contributed by atoms with Crippen molar-refractivity contribution >= 4 is 39.8 Å². The van der Waals surface area contributed by atoms with Gasteiger partial charge in [0, 0.05) is 29.7 Å². The van der Waals surface area contributed by atoms with Gasteiger partial charge in [0.1, 0.15) is 0 Å². The first-order chi connectivity index (χ1) is 13.2. The molecule has 1 amide bonds. The predicted molar refractivity (Wildman–Crippen MR) is 112 cm³/mol. The Morgan fingerprint density at radius 3 is 2.41 bits per heavy atom. The molecular weight excluding hydrogens is 358 g/mol. The third kappa shape index (κ3) is 4.06. The molecule has 1 fully saturated rings. The minimum Gasteiger partial charge on any atom is -0.372 e. The van der Waals surface area contributed by atoms with Crippen molar-refractivity contribution in [1.29, 1.82) is 0 Å². The van der Waals surface area contributed by atoms with Crippen LogP contribution >= 0.6 is 11.6 Å². The molecule has 1 aliphatic heterocycles. The summed E-state index contributed by atoms with van der Waals surface area (Å²) in [6, 6.07) is 17.4. The molecular formula is C22H22ClN3O. The first-order valence-electron chi connectivity index (χ1n) is 9.42. The van der Waals surface area contributed by atoms with Crippen LogP contribution in [0.25, 0.3) is 10.9 Å². The number of halogens is 1. The Balaban J connectivity index is 1.50. The Labute approximate surface area is 164 Å². The SMILES string of the molecule is O=C(Nc1cc2ccccc2nc1Cl)c1ccc(N2CCCCCC2)cc1. The molecule has 2 aromatic carbocycles. The Bertz CT molecular complexity index is 947. The van der Waals surface area contributed by atoms with E-state index in [2.05, 4.69) is 15.2 Å². The number of carbonyl (C=O) groups is 1. The second-order valence-electron chi connectivity index (χ2n) is 6.92. The van der Waals surface area contributed by atoms with E-state index in [4.69, 9.17) is 11.6 Å². The molecule has 0 bridgehead atoms. The molecule has 3 aromatic rings. The number of benzene rings is 2. The molecule has 0 saturated carbocycles. The van der Waals surface area contributed by atoms with Crippen LogP contribution in [-0.4, -0.2) is 24.0 Å². The summed E-state index contributed by atoms with van der Waals surface area (Å²) in [6.45, 7) is 2.17. The largest absolute Gasteiger partial charge is 0.372 e. The van der Waals surface area contributed by atoms with Gasteiger partial charge in [0.05, 0.1) is 11.2 Å². The fourth-order valence-corrected chi connectivity index (χ4v) is 3.72. The molecule has 0 radical (unpaired) electrons. The van der Waals surface area contributed by atoms with E-state index in [1.807, 2.05) is 54.6 Å². The maximum Gasteiger partial charge on any atom is 0.255 e. The first-order valence-corrected chi connectivity index (χ1v) is 9.80.